The first-order valence-electron chi connectivity index (χ1n) is 10.7. The van der Waals surface area contributed by atoms with Gasteiger partial charge in [0.1, 0.15) is 0 Å². The van der Waals surface area contributed by atoms with E-state index >= 15 is 0 Å². The summed E-state index contributed by atoms with van der Waals surface area (Å²) in [6, 6.07) is 12.4. The van der Waals surface area contributed by atoms with Crippen molar-refractivity contribution in [3.05, 3.63) is 59.7 Å². The normalized spacial score (nSPS) is 15.2. The molecular formula is C22H29N3O5S2. The molecule has 0 spiro atoms. The third-order valence-electron chi connectivity index (χ3n) is 5.52. The van der Waals surface area contributed by atoms with E-state index in [0.29, 0.717) is 26.2 Å². The molecule has 1 aliphatic rings. The molecule has 1 aliphatic heterocycles. The maximum atomic E-state index is 12.7. The van der Waals surface area contributed by atoms with Gasteiger partial charge in [0.2, 0.25) is 20.0 Å². The van der Waals surface area contributed by atoms with Crippen LogP contribution in [0.2, 0.25) is 0 Å². The summed E-state index contributed by atoms with van der Waals surface area (Å²) in [5, 5.41) is 2.76. The number of nitrogens with zero attached hydrogens (tertiary/aromatic N) is 2. The van der Waals surface area contributed by atoms with Crippen LogP contribution in [-0.4, -0.2) is 57.5 Å². The molecule has 32 heavy (non-hydrogen) atoms. The molecule has 0 saturated carbocycles. The second-order valence-electron chi connectivity index (χ2n) is 7.55. The van der Waals surface area contributed by atoms with Crippen molar-refractivity contribution in [2.45, 2.75) is 43.0 Å². The van der Waals surface area contributed by atoms with Crippen LogP contribution in [0.15, 0.2) is 58.3 Å². The Balaban J connectivity index is 1.67. The Morgan fingerprint density at radius 1 is 0.938 bits per heavy atom. The van der Waals surface area contributed by atoms with E-state index < -0.39 is 26.0 Å². The van der Waals surface area contributed by atoms with Gasteiger partial charge in [0, 0.05) is 38.3 Å². The van der Waals surface area contributed by atoms with E-state index in [9.17, 15) is 21.6 Å². The van der Waals surface area contributed by atoms with Gasteiger partial charge in [-0.05, 0) is 48.7 Å². The lowest BCUT2D eigenvalue weighted by Crippen LogP contribution is -2.31. The van der Waals surface area contributed by atoms with Crippen LogP contribution in [0.4, 0.5) is 0 Å². The summed E-state index contributed by atoms with van der Waals surface area (Å²) in [7, 11) is -7.13. The minimum Gasteiger partial charge on any atom is -0.348 e. The first-order valence-corrected chi connectivity index (χ1v) is 13.6. The number of carbonyl (C=O) groups is 1. The highest BCUT2D eigenvalue weighted by Gasteiger charge is 2.27. The Bertz CT molecular complexity index is 1150. The van der Waals surface area contributed by atoms with Gasteiger partial charge in [-0.3, -0.25) is 4.79 Å². The van der Waals surface area contributed by atoms with Crippen LogP contribution >= 0.6 is 0 Å². The van der Waals surface area contributed by atoms with Crippen LogP contribution in [0.5, 0.6) is 0 Å². The molecule has 8 nitrogen and oxygen atoms in total. The van der Waals surface area contributed by atoms with Crippen LogP contribution in [0, 0.1) is 0 Å². The number of sulfonamides is 2. The van der Waals surface area contributed by atoms with Gasteiger partial charge >= 0.3 is 0 Å². The maximum Gasteiger partial charge on any atom is 0.251 e. The molecule has 1 amide bonds. The minimum absolute atomic E-state index is 0.0744. The molecule has 0 atom stereocenters. The lowest BCUT2D eigenvalue weighted by molar-refractivity contribution is 0.0950. The molecule has 0 radical (unpaired) electrons. The molecule has 2 aromatic rings. The first kappa shape index (κ1) is 24.4. The Hall–Kier alpha value is -2.27. The predicted octanol–water partition coefficient (Wildman–Crippen LogP) is 2.43. The van der Waals surface area contributed by atoms with Crippen molar-refractivity contribution in [3.8, 4) is 0 Å². The van der Waals surface area contributed by atoms with Crippen LogP contribution in [0.3, 0.4) is 0 Å². The Labute approximate surface area is 190 Å². The number of nitrogens with one attached hydrogen (secondary N) is 1. The predicted molar refractivity (Wildman–Crippen MR) is 122 cm³/mol. The smallest absolute Gasteiger partial charge is 0.251 e. The SMILES string of the molecule is CCN(CC)S(=O)(=O)c1cccc(C(=O)NCc2ccc(S(=O)(=O)N3CCCC3)cc2)c1. The fourth-order valence-corrected chi connectivity index (χ4v) is 6.67. The molecule has 1 N–H and O–H groups in total. The summed E-state index contributed by atoms with van der Waals surface area (Å²) in [5.41, 5.74) is 0.983. The van der Waals surface area contributed by atoms with Crippen LogP contribution in [-0.2, 0) is 26.6 Å². The summed E-state index contributed by atoms with van der Waals surface area (Å²) in [6.45, 7) is 5.50. The quantitative estimate of drug-likeness (QED) is 0.595. The molecule has 0 aromatic heterocycles. The zero-order chi connectivity index (χ0) is 23.4. The zero-order valence-electron chi connectivity index (χ0n) is 18.3. The highest BCUT2D eigenvalue weighted by Crippen LogP contribution is 2.21. The number of benzene rings is 2. The Morgan fingerprint density at radius 3 is 2.16 bits per heavy atom. The summed E-state index contributed by atoms with van der Waals surface area (Å²) < 4.78 is 53.4. The third-order valence-corrected chi connectivity index (χ3v) is 9.48. The lowest BCUT2D eigenvalue weighted by Gasteiger charge is -2.18. The molecule has 0 aliphatic carbocycles. The van der Waals surface area contributed by atoms with Gasteiger partial charge in [-0.2, -0.15) is 8.61 Å². The molecule has 3 rings (SSSR count). The van der Waals surface area contributed by atoms with Gasteiger partial charge in [0.25, 0.3) is 5.91 Å². The second kappa shape index (κ2) is 10.1. The van der Waals surface area contributed by atoms with Crippen molar-refractivity contribution in [1.82, 2.24) is 13.9 Å². The van der Waals surface area contributed by atoms with E-state index in [0.717, 1.165) is 18.4 Å². The topological polar surface area (TPSA) is 104 Å². The van der Waals surface area contributed by atoms with Crippen molar-refractivity contribution >= 4 is 26.0 Å². The summed E-state index contributed by atoms with van der Waals surface area (Å²) >= 11 is 0. The molecular weight excluding hydrogens is 450 g/mol. The monoisotopic (exact) mass is 479 g/mol. The van der Waals surface area contributed by atoms with E-state index in [4.69, 9.17) is 0 Å². The highest BCUT2D eigenvalue weighted by molar-refractivity contribution is 7.89. The number of amides is 1. The highest BCUT2D eigenvalue weighted by atomic mass is 32.2. The number of hydrogen-bond acceptors (Lipinski definition) is 5. The van der Waals surface area contributed by atoms with Gasteiger partial charge in [-0.25, -0.2) is 16.8 Å². The molecule has 1 heterocycles. The first-order chi connectivity index (χ1) is 15.2. The molecule has 1 saturated heterocycles. The van der Waals surface area contributed by atoms with Gasteiger partial charge < -0.3 is 5.32 Å². The van der Waals surface area contributed by atoms with Crippen molar-refractivity contribution in [2.24, 2.45) is 0 Å². The Morgan fingerprint density at radius 2 is 1.56 bits per heavy atom. The molecule has 0 unspecified atom stereocenters. The van der Waals surface area contributed by atoms with E-state index in [2.05, 4.69) is 5.32 Å². The van der Waals surface area contributed by atoms with Gasteiger partial charge in [0.15, 0.2) is 0 Å². The second-order valence-corrected chi connectivity index (χ2v) is 11.4. The number of carbonyl (C=O) groups excluding carboxylic acids is 1. The van der Waals surface area contributed by atoms with Gasteiger partial charge in [-0.1, -0.05) is 32.0 Å². The summed E-state index contributed by atoms with van der Waals surface area (Å²) in [6.07, 6.45) is 1.75. The summed E-state index contributed by atoms with van der Waals surface area (Å²) in [5.74, 6) is -0.407. The fourth-order valence-electron chi connectivity index (χ4n) is 3.65. The van der Waals surface area contributed by atoms with Gasteiger partial charge in [-0.15, -0.1) is 0 Å². The van der Waals surface area contributed by atoms with Crippen LogP contribution < -0.4 is 5.32 Å². The minimum atomic E-state index is -3.66. The van der Waals surface area contributed by atoms with E-state index in [1.165, 1.54) is 20.7 Å². The molecule has 174 valence electrons. The van der Waals surface area contributed by atoms with Crippen LogP contribution in [0.1, 0.15) is 42.6 Å². The molecule has 0 bridgehead atoms. The molecule has 2 aromatic carbocycles. The van der Waals surface area contributed by atoms with Crippen molar-refractivity contribution in [1.29, 1.82) is 0 Å². The van der Waals surface area contributed by atoms with E-state index in [1.807, 2.05) is 0 Å². The van der Waals surface area contributed by atoms with Crippen molar-refractivity contribution in [3.63, 3.8) is 0 Å². The summed E-state index contributed by atoms with van der Waals surface area (Å²) in [4.78, 5) is 12.9. The average molecular weight is 480 g/mol. The van der Waals surface area contributed by atoms with Crippen LogP contribution in [0.25, 0.3) is 0 Å². The standard InChI is InChI=1S/C22H29N3O5S2/c1-3-24(4-2)32(29,30)21-9-7-8-19(16-21)22(26)23-17-18-10-12-20(13-11-18)31(27,28)25-14-5-6-15-25/h7-13,16H,3-6,14-15,17H2,1-2H3,(H,23,26). The van der Waals surface area contributed by atoms with E-state index in [1.54, 1.807) is 50.2 Å². The van der Waals surface area contributed by atoms with Crippen molar-refractivity contribution in [2.75, 3.05) is 26.2 Å². The Kier molecular flexibility index (Phi) is 7.71. The van der Waals surface area contributed by atoms with Crippen molar-refractivity contribution < 1.29 is 21.6 Å². The van der Waals surface area contributed by atoms with E-state index in [-0.39, 0.29) is 21.9 Å². The maximum absolute atomic E-state index is 12.7. The number of rotatable bonds is 9. The third kappa shape index (κ3) is 5.20. The van der Waals surface area contributed by atoms with Gasteiger partial charge in [0.05, 0.1) is 9.79 Å². The molecule has 10 heteroatoms. The largest absolute Gasteiger partial charge is 0.348 e. The fraction of sp³-hybridized carbons (Fsp3) is 0.409. The lowest BCUT2D eigenvalue weighted by atomic mass is 10.2. The number of hydrogen-bond donors (Lipinski definition) is 1. The average Bonchev–Trinajstić information content (AvgIpc) is 3.34. The zero-order valence-corrected chi connectivity index (χ0v) is 20.0. The molecule has 1 fully saturated rings.